The summed E-state index contributed by atoms with van der Waals surface area (Å²) in [6.45, 7) is 7.28. The molecule has 0 aliphatic carbocycles. The number of aromatic amines is 1. The lowest BCUT2D eigenvalue weighted by Crippen LogP contribution is -2.38. The lowest BCUT2D eigenvalue weighted by molar-refractivity contribution is 0.321. The normalized spacial score (nSPS) is 16.5. The molecule has 0 amide bonds. The molecule has 5 nitrogen and oxygen atoms in total. The van der Waals surface area contributed by atoms with Crippen LogP contribution in [0.2, 0.25) is 0 Å². The Morgan fingerprint density at radius 3 is 2.65 bits per heavy atom. The molecule has 7 heteroatoms. The second-order valence-electron chi connectivity index (χ2n) is 8.62. The van der Waals surface area contributed by atoms with E-state index in [1.165, 1.54) is 33.4 Å². The smallest absolute Gasteiger partial charge is 0.213 e. The van der Waals surface area contributed by atoms with E-state index in [1.54, 1.807) is 11.2 Å². The summed E-state index contributed by atoms with van der Waals surface area (Å²) in [4.78, 5) is 7.19. The zero-order chi connectivity index (χ0) is 22.0. The zero-order valence-corrected chi connectivity index (χ0v) is 20.4. The molecular weight excluding hydrogens is 426 g/mol. The maximum Gasteiger partial charge on any atom is 0.213 e. The molecule has 1 aromatic carbocycles. The third kappa shape index (κ3) is 4.90. The van der Waals surface area contributed by atoms with E-state index in [2.05, 4.69) is 59.7 Å². The minimum atomic E-state index is -3.09. The molecule has 31 heavy (non-hydrogen) atoms. The average Bonchev–Trinajstić information content (AvgIpc) is 3.40. The number of thiophene rings is 1. The first-order valence-corrected chi connectivity index (χ1v) is 13.7. The van der Waals surface area contributed by atoms with Crippen molar-refractivity contribution in [1.82, 2.24) is 14.2 Å². The highest BCUT2D eigenvalue weighted by Crippen LogP contribution is 2.36. The number of H-pyrrole nitrogens is 1. The highest BCUT2D eigenvalue weighted by atomic mass is 32.2. The highest BCUT2D eigenvalue weighted by molar-refractivity contribution is 7.89. The molecule has 1 fully saturated rings. The van der Waals surface area contributed by atoms with Crippen molar-refractivity contribution in [2.45, 2.75) is 45.6 Å². The molecule has 0 saturated carbocycles. The topological polar surface area (TPSA) is 56.4 Å². The number of hydrogen-bond acceptors (Lipinski definition) is 4. The van der Waals surface area contributed by atoms with Crippen LogP contribution in [0, 0.1) is 0 Å². The van der Waals surface area contributed by atoms with Gasteiger partial charge in [-0.05, 0) is 86.0 Å². The SMILES string of the molecule is CCCN(C)Cc1cc(-c2ccc3[nH]cc(C4CCN(S(=O)(=O)CC)CC4)c3c2)cs1. The van der Waals surface area contributed by atoms with Crippen molar-refractivity contribution < 1.29 is 8.42 Å². The van der Waals surface area contributed by atoms with E-state index in [1.807, 2.05) is 11.3 Å². The van der Waals surface area contributed by atoms with Gasteiger partial charge < -0.3 is 9.88 Å². The van der Waals surface area contributed by atoms with Crippen molar-refractivity contribution in [2.75, 3.05) is 32.4 Å². The van der Waals surface area contributed by atoms with Crippen LogP contribution in [0.25, 0.3) is 22.0 Å². The maximum absolute atomic E-state index is 12.2. The van der Waals surface area contributed by atoms with E-state index >= 15 is 0 Å². The quantitative estimate of drug-likeness (QED) is 0.499. The van der Waals surface area contributed by atoms with Gasteiger partial charge in [-0.3, -0.25) is 0 Å². The van der Waals surface area contributed by atoms with E-state index in [0.29, 0.717) is 19.0 Å². The van der Waals surface area contributed by atoms with Gasteiger partial charge in [0, 0.05) is 41.6 Å². The van der Waals surface area contributed by atoms with E-state index < -0.39 is 10.0 Å². The fraction of sp³-hybridized carbons (Fsp3) is 0.500. The Kier molecular flexibility index (Phi) is 6.86. The molecule has 3 heterocycles. The van der Waals surface area contributed by atoms with Gasteiger partial charge >= 0.3 is 0 Å². The number of rotatable bonds is 8. The molecule has 4 rings (SSSR count). The summed E-state index contributed by atoms with van der Waals surface area (Å²) in [7, 11) is -0.907. The molecule has 0 spiro atoms. The van der Waals surface area contributed by atoms with Crippen molar-refractivity contribution in [1.29, 1.82) is 0 Å². The third-order valence-electron chi connectivity index (χ3n) is 6.38. The molecule has 1 aliphatic heterocycles. The maximum atomic E-state index is 12.2. The first-order valence-electron chi connectivity index (χ1n) is 11.3. The number of benzene rings is 1. The van der Waals surface area contributed by atoms with E-state index in [-0.39, 0.29) is 5.75 Å². The van der Waals surface area contributed by atoms with Crippen LogP contribution in [-0.4, -0.2) is 55.0 Å². The van der Waals surface area contributed by atoms with Gasteiger partial charge in [0.15, 0.2) is 0 Å². The standard InChI is InChI=1S/C24H33N3O2S2/c1-4-10-26(3)16-21-13-20(17-30-21)19-6-7-24-22(14-19)23(15-25-24)18-8-11-27(12-9-18)31(28,29)5-2/h6-7,13-15,17-18,25H,4-5,8-12,16H2,1-3H3. The average molecular weight is 460 g/mol. The zero-order valence-electron chi connectivity index (χ0n) is 18.7. The van der Waals surface area contributed by atoms with Crippen LogP contribution in [0.3, 0.4) is 0 Å². The molecule has 1 saturated heterocycles. The van der Waals surface area contributed by atoms with Crippen molar-refractivity contribution in [2.24, 2.45) is 0 Å². The van der Waals surface area contributed by atoms with E-state index in [0.717, 1.165) is 31.4 Å². The molecular formula is C24H33N3O2S2. The van der Waals surface area contributed by atoms with E-state index in [9.17, 15) is 8.42 Å². The van der Waals surface area contributed by atoms with Gasteiger partial charge in [0.25, 0.3) is 0 Å². The predicted octanol–water partition coefficient (Wildman–Crippen LogP) is 5.27. The number of fused-ring (bicyclic) bond motifs is 1. The van der Waals surface area contributed by atoms with Gasteiger partial charge in [0.1, 0.15) is 0 Å². The Morgan fingerprint density at radius 2 is 1.94 bits per heavy atom. The Hall–Kier alpha value is -1.67. The summed E-state index contributed by atoms with van der Waals surface area (Å²) >= 11 is 1.83. The number of aromatic nitrogens is 1. The van der Waals surface area contributed by atoms with Crippen LogP contribution in [0.4, 0.5) is 0 Å². The molecule has 0 bridgehead atoms. The Bertz CT molecular complexity index is 1120. The third-order valence-corrected chi connectivity index (χ3v) is 9.19. The Balaban J connectivity index is 1.53. The molecule has 3 aromatic rings. The number of hydrogen-bond donors (Lipinski definition) is 1. The predicted molar refractivity (Wildman–Crippen MR) is 131 cm³/mol. The number of nitrogens with zero attached hydrogens (tertiary/aromatic N) is 2. The molecule has 1 aliphatic rings. The second kappa shape index (κ2) is 9.45. The fourth-order valence-corrected chi connectivity index (χ4v) is 6.73. The lowest BCUT2D eigenvalue weighted by Gasteiger charge is -2.30. The second-order valence-corrected chi connectivity index (χ2v) is 11.9. The Labute approximate surface area is 190 Å². The van der Waals surface area contributed by atoms with Crippen LogP contribution < -0.4 is 0 Å². The molecule has 0 radical (unpaired) electrons. The highest BCUT2D eigenvalue weighted by Gasteiger charge is 2.28. The van der Waals surface area contributed by atoms with Gasteiger partial charge in [-0.15, -0.1) is 11.3 Å². The van der Waals surface area contributed by atoms with Crippen molar-refractivity contribution in [3.63, 3.8) is 0 Å². The Morgan fingerprint density at radius 1 is 1.16 bits per heavy atom. The molecule has 0 unspecified atom stereocenters. The van der Waals surface area contributed by atoms with Crippen LogP contribution >= 0.6 is 11.3 Å². The lowest BCUT2D eigenvalue weighted by atomic mass is 9.89. The summed E-state index contributed by atoms with van der Waals surface area (Å²) in [6.07, 6.45) is 5.05. The summed E-state index contributed by atoms with van der Waals surface area (Å²) in [6, 6.07) is 8.99. The van der Waals surface area contributed by atoms with Crippen LogP contribution in [-0.2, 0) is 16.6 Å². The molecule has 2 aromatic heterocycles. The summed E-state index contributed by atoms with van der Waals surface area (Å²) in [5.74, 6) is 0.582. The largest absolute Gasteiger partial charge is 0.361 e. The fourth-order valence-electron chi connectivity index (χ4n) is 4.63. The summed E-state index contributed by atoms with van der Waals surface area (Å²) < 4.78 is 26.0. The van der Waals surface area contributed by atoms with Crippen molar-refractivity contribution in [3.8, 4) is 11.1 Å². The number of sulfonamides is 1. The molecule has 0 atom stereocenters. The van der Waals surface area contributed by atoms with Gasteiger partial charge in [0.2, 0.25) is 10.0 Å². The van der Waals surface area contributed by atoms with Gasteiger partial charge in [-0.1, -0.05) is 13.0 Å². The number of piperidine rings is 1. The van der Waals surface area contributed by atoms with Crippen LogP contribution in [0.5, 0.6) is 0 Å². The minimum absolute atomic E-state index is 0.185. The van der Waals surface area contributed by atoms with E-state index in [4.69, 9.17) is 0 Å². The summed E-state index contributed by atoms with van der Waals surface area (Å²) in [5.41, 5.74) is 5.01. The van der Waals surface area contributed by atoms with Gasteiger partial charge in [-0.25, -0.2) is 12.7 Å². The van der Waals surface area contributed by atoms with Gasteiger partial charge in [-0.2, -0.15) is 0 Å². The monoisotopic (exact) mass is 459 g/mol. The minimum Gasteiger partial charge on any atom is -0.361 e. The van der Waals surface area contributed by atoms with Crippen LogP contribution in [0.1, 0.15) is 49.5 Å². The first kappa shape index (κ1) is 22.5. The van der Waals surface area contributed by atoms with Crippen LogP contribution in [0.15, 0.2) is 35.8 Å². The van der Waals surface area contributed by atoms with Gasteiger partial charge in [0.05, 0.1) is 5.75 Å². The van der Waals surface area contributed by atoms with Crippen molar-refractivity contribution in [3.05, 3.63) is 46.3 Å². The number of nitrogens with one attached hydrogen (secondary N) is 1. The molecule has 168 valence electrons. The molecule has 1 N–H and O–H groups in total. The first-order chi connectivity index (χ1) is 14.9. The van der Waals surface area contributed by atoms with Crippen molar-refractivity contribution >= 4 is 32.3 Å². The summed E-state index contributed by atoms with van der Waals surface area (Å²) in [5, 5.41) is 3.53.